The second kappa shape index (κ2) is 4.43. The predicted molar refractivity (Wildman–Crippen MR) is 73.5 cm³/mol. The molecular weight excluding hydrogens is 270 g/mol. The summed E-state index contributed by atoms with van der Waals surface area (Å²) in [6.45, 7) is 1.28. The van der Waals surface area contributed by atoms with Crippen LogP contribution in [-0.4, -0.2) is 28.7 Å². The van der Waals surface area contributed by atoms with Gasteiger partial charge >= 0.3 is 5.69 Å². The van der Waals surface area contributed by atoms with Crippen LogP contribution in [0, 0.1) is 0 Å². The van der Waals surface area contributed by atoms with Crippen molar-refractivity contribution in [3.05, 3.63) is 44.1 Å². The molecule has 1 aromatic heterocycles. The molecule has 0 aliphatic carbocycles. The van der Waals surface area contributed by atoms with E-state index in [0.29, 0.717) is 35.0 Å². The molecule has 98 valence electrons. The number of hydrogen-bond acceptors (Lipinski definition) is 5. The minimum Gasteiger partial charge on any atom is -0.353 e. The largest absolute Gasteiger partial charge is 0.353 e. The predicted octanol–water partition coefficient (Wildman–Crippen LogP) is -0.154. The Morgan fingerprint density at radius 3 is 2.95 bits per heavy atom. The molecule has 19 heavy (non-hydrogen) atoms. The molecule has 2 heterocycles. The number of aliphatic imine (C=N–C) groups is 1. The zero-order valence-electron chi connectivity index (χ0n) is 9.74. The van der Waals surface area contributed by atoms with Gasteiger partial charge in [0.2, 0.25) is 5.96 Å². The van der Waals surface area contributed by atoms with Gasteiger partial charge in [0, 0.05) is 11.6 Å². The first-order valence-corrected chi connectivity index (χ1v) is 6.03. The molecule has 1 aromatic carbocycles. The zero-order chi connectivity index (χ0) is 13.4. The van der Waals surface area contributed by atoms with E-state index in [9.17, 15) is 9.59 Å². The molecule has 0 fully saturated rings. The van der Waals surface area contributed by atoms with E-state index >= 15 is 0 Å². The highest BCUT2D eigenvalue weighted by atomic mass is 35.5. The molecular formula is C11H10ClN5O2. The van der Waals surface area contributed by atoms with Crippen LogP contribution in [0.25, 0.3) is 10.9 Å². The number of nitrogens with one attached hydrogen (secondary N) is 3. The molecule has 2 aromatic rings. The van der Waals surface area contributed by atoms with E-state index in [2.05, 4.69) is 20.7 Å². The Hall–Kier alpha value is -2.28. The fraction of sp³-hybridized carbons (Fsp3) is 0.182. The highest BCUT2D eigenvalue weighted by Gasteiger charge is 2.11. The monoisotopic (exact) mass is 279 g/mol. The van der Waals surface area contributed by atoms with Crippen molar-refractivity contribution in [2.75, 3.05) is 18.5 Å². The highest BCUT2D eigenvalue weighted by Crippen LogP contribution is 2.13. The Bertz CT molecular complexity index is 792. The van der Waals surface area contributed by atoms with Crippen molar-refractivity contribution in [3.8, 4) is 0 Å². The normalized spacial score (nSPS) is 14.3. The number of aromatic amines is 1. The third-order valence-electron chi connectivity index (χ3n) is 2.75. The fourth-order valence-electron chi connectivity index (χ4n) is 1.87. The third kappa shape index (κ3) is 2.08. The Balaban J connectivity index is 2.18. The van der Waals surface area contributed by atoms with E-state index in [1.807, 2.05) is 0 Å². The minimum absolute atomic E-state index is 0.332. The lowest BCUT2D eigenvalue weighted by Crippen LogP contribution is -2.46. The molecule has 3 rings (SSSR count). The second-order valence-electron chi connectivity index (χ2n) is 4.03. The van der Waals surface area contributed by atoms with Gasteiger partial charge in [-0.1, -0.05) is 11.6 Å². The number of guanidine groups is 1. The van der Waals surface area contributed by atoms with Gasteiger partial charge in [-0.05, 0) is 18.2 Å². The van der Waals surface area contributed by atoms with Crippen molar-refractivity contribution in [1.82, 2.24) is 15.0 Å². The van der Waals surface area contributed by atoms with Gasteiger partial charge in [-0.25, -0.2) is 4.79 Å². The van der Waals surface area contributed by atoms with Crippen LogP contribution in [0.5, 0.6) is 0 Å². The van der Waals surface area contributed by atoms with E-state index in [1.54, 1.807) is 12.1 Å². The quantitative estimate of drug-likeness (QED) is 0.677. The fourth-order valence-corrected chi connectivity index (χ4v) is 2.04. The topological polar surface area (TPSA) is 91.3 Å². The number of nitrogens with zero attached hydrogens (tertiary/aromatic N) is 2. The van der Waals surface area contributed by atoms with Gasteiger partial charge < -0.3 is 10.3 Å². The molecule has 0 saturated carbocycles. The van der Waals surface area contributed by atoms with Crippen LogP contribution < -0.4 is 22.0 Å². The maximum absolute atomic E-state index is 12.2. The highest BCUT2D eigenvalue weighted by molar-refractivity contribution is 6.31. The number of hydrogen-bond donors (Lipinski definition) is 3. The average Bonchev–Trinajstić information content (AvgIpc) is 2.89. The summed E-state index contributed by atoms with van der Waals surface area (Å²) < 4.78 is 0.871. The number of H-pyrrole nitrogens is 1. The molecule has 0 atom stereocenters. The lowest BCUT2D eigenvalue weighted by Gasteiger charge is -2.09. The zero-order valence-corrected chi connectivity index (χ0v) is 10.5. The number of aromatic nitrogens is 2. The lowest BCUT2D eigenvalue weighted by molar-refractivity contribution is 0.827. The summed E-state index contributed by atoms with van der Waals surface area (Å²) in [5, 5.41) is 3.68. The van der Waals surface area contributed by atoms with E-state index in [4.69, 9.17) is 11.6 Å². The number of fused-ring (bicyclic) bond motifs is 1. The molecule has 8 heteroatoms. The van der Waals surface area contributed by atoms with Crippen LogP contribution in [0.2, 0.25) is 5.02 Å². The molecule has 0 radical (unpaired) electrons. The molecule has 3 N–H and O–H groups in total. The van der Waals surface area contributed by atoms with Crippen LogP contribution in [-0.2, 0) is 0 Å². The smallest absolute Gasteiger partial charge is 0.348 e. The number of rotatable bonds is 1. The maximum atomic E-state index is 12.2. The first-order chi connectivity index (χ1) is 9.15. The van der Waals surface area contributed by atoms with Gasteiger partial charge in [0.1, 0.15) is 0 Å². The van der Waals surface area contributed by atoms with Crippen LogP contribution in [0.15, 0.2) is 32.8 Å². The van der Waals surface area contributed by atoms with Crippen LogP contribution in [0.3, 0.4) is 0 Å². The van der Waals surface area contributed by atoms with Gasteiger partial charge in [0.05, 0.1) is 17.4 Å². The molecule has 0 spiro atoms. The SMILES string of the molecule is O=c1[nH]c2ccc(Cl)cc2c(=O)n1NC1=NCCN1. The summed E-state index contributed by atoms with van der Waals surface area (Å²) in [6.07, 6.45) is 0. The van der Waals surface area contributed by atoms with Crippen molar-refractivity contribution >= 4 is 28.5 Å². The van der Waals surface area contributed by atoms with Crippen molar-refractivity contribution in [2.45, 2.75) is 0 Å². The Morgan fingerprint density at radius 2 is 2.21 bits per heavy atom. The first kappa shape index (κ1) is 11.8. The molecule has 0 amide bonds. The number of halogens is 1. The van der Waals surface area contributed by atoms with E-state index in [1.165, 1.54) is 6.07 Å². The van der Waals surface area contributed by atoms with Gasteiger partial charge in [0.25, 0.3) is 5.56 Å². The lowest BCUT2D eigenvalue weighted by atomic mass is 10.2. The summed E-state index contributed by atoms with van der Waals surface area (Å²) in [5.41, 5.74) is 2.06. The summed E-state index contributed by atoms with van der Waals surface area (Å²) in [6, 6.07) is 4.72. The van der Waals surface area contributed by atoms with Crippen molar-refractivity contribution in [2.24, 2.45) is 4.99 Å². The van der Waals surface area contributed by atoms with E-state index < -0.39 is 11.2 Å². The van der Waals surface area contributed by atoms with Crippen LogP contribution in [0.4, 0.5) is 0 Å². The second-order valence-corrected chi connectivity index (χ2v) is 4.47. The van der Waals surface area contributed by atoms with E-state index in [0.717, 1.165) is 4.68 Å². The summed E-state index contributed by atoms with van der Waals surface area (Å²) in [7, 11) is 0. The summed E-state index contributed by atoms with van der Waals surface area (Å²) in [5.74, 6) is 0.397. The molecule has 0 bridgehead atoms. The van der Waals surface area contributed by atoms with Crippen molar-refractivity contribution < 1.29 is 0 Å². The molecule has 0 unspecified atom stereocenters. The Labute approximate surface area is 111 Å². The molecule has 0 saturated heterocycles. The molecule has 1 aliphatic heterocycles. The molecule has 1 aliphatic rings. The van der Waals surface area contributed by atoms with Gasteiger partial charge in [-0.15, -0.1) is 0 Å². The third-order valence-corrected chi connectivity index (χ3v) is 2.99. The van der Waals surface area contributed by atoms with Gasteiger partial charge in [-0.3, -0.25) is 15.2 Å². The average molecular weight is 280 g/mol. The summed E-state index contributed by atoms with van der Waals surface area (Å²) >= 11 is 5.86. The van der Waals surface area contributed by atoms with E-state index in [-0.39, 0.29) is 0 Å². The van der Waals surface area contributed by atoms with Gasteiger partial charge in [-0.2, -0.15) is 4.68 Å². The van der Waals surface area contributed by atoms with Crippen molar-refractivity contribution in [3.63, 3.8) is 0 Å². The van der Waals surface area contributed by atoms with Gasteiger partial charge in [0.15, 0.2) is 0 Å². The maximum Gasteiger partial charge on any atom is 0.348 e. The van der Waals surface area contributed by atoms with Crippen LogP contribution >= 0.6 is 11.6 Å². The Morgan fingerprint density at radius 1 is 1.37 bits per heavy atom. The van der Waals surface area contributed by atoms with Crippen LogP contribution in [0.1, 0.15) is 0 Å². The standard InChI is InChI=1S/C11H10ClN5O2/c12-6-1-2-8-7(5-6)9(18)17(11(19)15-8)16-10-13-3-4-14-10/h1-2,5H,3-4H2,(H,15,19)(H2,13,14,16). The first-order valence-electron chi connectivity index (χ1n) is 5.65. The Kier molecular flexibility index (Phi) is 2.75. The van der Waals surface area contributed by atoms with Crippen molar-refractivity contribution in [1.29, 1.82) is 0 Å². The molecule has 7 nitrogen and oxygen atoms in total. The minimum atomic E-state index is -0.559. The number of benzene rings is 1. The summed E-state index contributed by atoms with van der Waals surface area (Å²) in [4.78, 5) is 30.8.